The van der Waals surface area contributed by atoms with Crippen LogP contribution in [0, 0.1) is 0 Å². The standard InChI is InChI=1S/C12H17Br2NO/c1-2-3-4-11(16)12(15)8-5-9(13)7-10(14)6-8/h5-7,11-12,16H,2-4,15H2,1H3/t11-,12+/m0/s1. The highest BCUT2D eigenvalue weighted by Crippen LogP contribution is 2.26. The third kappa shape index (κ3) is 4.17. The summed E-state index contributed by atoms with van der Waals surface area (Å²) in [5.41, 5.74) is 6.97. The van der Waals surface area contributed by atoms with Crippen molar-refractivity contribution in [2.24, 2.45) is 5.73 Å². The lowest BCUT2D eigenvalue weighted by Crippen LogP contribution is -2.26. The Morgan fingerprint density at radius 3 is 2.31 bits per heavy atom. The molecule has 0 unspecified atom stereocenters. The van der Waals surface area contributed by atoms with Gasteiger partial charge in [-0.1, -0.05) is 51.6 Å². The molecule has 4 heteroatoms. The molecule has 3 N–H and O–H groups in total. The fourth-order valence-electron chi connectivity index (χ4n) is 1.58. The summed E-state index contributed by atoms with van der Waals surface area (Å²) in [5, 5.41) is 9.93. The van der Waals surface area contributed by atoms with Crippen LogP contribution in [0.4, 0.5) is 0 Å². The van der Waals surface area contributed by atoms with Crippen molar-refractivity contribution in [3.05, 3.63) is 32.7 Å². The zero-order valence-electron chi connectivity index (χ0n) is 9.29. The van der Waals surface area contributed by atoms with E-state index in [0.717, 1.165) is 33.8 Å². The minimum absolute atomic E-state index is 0.319. The Kier molecular flexibility index (Phi) is 5.97. The maximum atomic E-state index is 9.93. The number of hydrogen-bond donors (Lipinski definition) is 2. The van der Waals surface area contributed by atoms with Crippen molar-refractivity contribution in [1.29, 1.82) is 0 Å². The second-order valence-electron chi connectivity index (χ2n) is 3.94. The molecule has 2 nitrogen and oxygen atoms in total. The summed E-state index contributed by atoms with van der Waals surface area (Å²) in [6, 6.07) is 5.53. The van der Waals surface area contributed by atoms with Crippen molar-refractivity contribution in [3.63, 3.8) is 0 Å². The van der Waals surface area contributed by atoms with E-state index in [2.05, 4.69) is 38.8 Å². The minimum Gasteiger partial charge on any atom is -0.391 e. The Bertz CT molecular complexity index is 324. The van der Waals surface area contributed by atoms with Crippen LogP contribution >= 0.6 is 31.9 Å². The monoisotopic (exact) mass is 349 g/mol. The molecule has 1 aromatic carbocycles. The van der Waals surface area contributed by atoms with Gasteiger partial charge in [-0.05, 0) is 30.2 Å². The molecular weight excluding hydrogens is 334 g/mol. The quantitative estimate of drug-likeness (QED) is 0.849. The molecule has 16 heavy (non-hydrogen) atoms. The van der Waals surface area contributed by atoms with Crippen LogP contribution in [-0.4, -0.2) is 11.2 Å². The predicted octanol–water partition coefficient (Wildman–Crippen LogP) is 3.76. The fourth-order valence-corrected chi connectivity index (χ4v) is 2.91. The molecule has 0 spiro atoms. The molecule has 0 aromatic heterocycles. The maximum Gasteiger partial charge on any atom is 0.0732 e. The lowest BCUT2D eigenvalue weighted by Gasteiger charge is -2.19. The number of nitrogens with two attached hydrogens (primary N) is 1. The van der Waals surface area contributed by atoms with Crippen molar-refractivity contribution in [2.45, 2.75) is 38.3 Å². The lowest BCUT2D eigenvalue weighted by atomic mass is 9.98. The van der Waals surface area contributed by atoms with Gasteiger partial charge in [-0.15, -0.1) is 0 Å². The van der Waals surface area contributed by atoms with Crippen LogP contribution in [0.2, 0.25) is 0 Å². The second kappa shape index (κ2) is 6.74. The van der Waals surface area contributed by atoms with E-state index < -0.39 is 6.10 Å². The molecule has 0 heterocycles. The van der Waals surface area contributed by atoms with Crippen LogP contribution in [0.25, 0.3) is 0 Å². The molecule has 0 amide bonds. The first kappa shape index (κ1) is 14.2. The number of rotatable bonds is 5. The predicted molar refractivity (Wildman–Crippen MR) is 74.3 cm³/mol. The van der Waals surface area contributed by atoms with Crippen LogP contribution in [0.1, 0.15) is 37.8 Å². The zero-order valence-corrected chi connectivity index (χ0v) is 12.5. The number of aliphatic hydroxyl groups excluding tert-OH is 1. The Morgan fingerprint density at radius 2 is 1.81 bits per heavy atom. The smallest absolute Gasteiger partial charge is 0.0732 e. The number of halogens is 2. The first-order chi connectivity index (χ1) is 7.54. The van der Waals surface area contributed by atoms with Crippen molar-refractivity contribution < 1.29 is 5.11 Å². The molecule has 2 atom stereocenters. The van der Waals surface area contributed by atoms with E-state index in [1.807, 2.05) is 18.2 Å². The summed E-state index contributed by atoms with van der Waals surface area (Å²) in [7, 11) is 0. The van der Waals surface area contributed by atoms with E-state index >= 15 is 0 Å². The maximum absolute atomic E-state index is 9.93. The van der Waals surface area contributed by atoms with Crippen LogP contribution in [0.15, 0.2) is 27.1 Å². The Balaban J connectivity index is 2.74. The van der Waals surface area contributed by atoms with Crippen molar-refractivity contribution in [1.82, 2.24) is 0 Å². The van der Waals surface area contributed by atoms with Crippen molar-refractivity contribution >= 4 is 31.9 Å². The van der Waals surface area contributed by atoms with Gasteiger partial charge in [-0.25, -0.2) is 0 Å². The first-order valence-electron chi connectivity index (χ1n) is 5.44. The van der Waals surface area contributed by atoms with Gasteiger partial charge in [-0.3, -0.25) is 0 Å². The van der Waals surface area contributed by atoms with Crippen LogP contribution < -0.4 is 5.73 Å². The summed E-state index contributed by atoms with van der Waals surface area (Å²) in [5.74, 6) is 0. The average Bonchev–Trinajstić information content (AvgIpc) is 2.23. The molecule has 90 valence electrons. The van der Waals surface area contributed by atoms with E-state index in [-0.39, 0.29) is 6.04 Å². The SMILES string of the molecule is CCCC[C@H](O)[C@H](N)c1cc(Br)cc(Br)c1. The molecule has 0 saturated heterocycles. The molecule has 0 radical (unpaired) electrons. The van der Waals surface area contributed by atoms with Crippen molar-refractivity contribution in [2.75, 3.05) is 0 Å². The van der Waals surface area contributed by atoms with Gasteiger partial charge in [-0.2, -0.15) is 0 Å². The van der Waals surface area contributed by atoms with Gasteiger partial charge < -0.3 is 10.8 Å². The van der Waals surface area contributed by atoms with Crippen molar-refractivity contribution in [3.8, 4) is 0 Å². The summed E-state index contributed by atoms with van der Waals surface area (Å²) < 4.78 is 1.94. The summed E-state index contributed by atoms with van der Waals surface area (Å²) in [6.45, 7) is 2.11. The van der Waals surface area contributed by atoms with Crippen LogP contribution in [0.3, 0.4) is 0 Å². The Hall–Kier alpha value is 0.1000. The van der Waals surface area contributed by atoms with E-state index in [4.69, 9.17) is 5.73 Å². The molecular formula is C12H17Br2NO. The highest BCUT2D eigenvalue weighted by molar-refractivity contribution is 9.11. The van der Waals surface area contributed by atoms with Gasteiger partial charge >= 0.3 is 0 Å². The molecule has 0 aliphatic rings. The number of benzene rings is 1. The van der Waals surface area contributed by atoms with E-state index in [1.54, 1.807) is 0 Å². The topological polar surface area (TPSA) is 46.2 Å². The van der Waals surface area contributed by atoms with Gasteiger partial charge in [0.1, 0.15) is 0 Å². The Morgan fingerprint density at radius 1 is 1.25 bits per heavy atom. The summed E-state index contributed by atoms with van der Waals surface area (Å²) >= 11 is 6.83. The molecule has 0 aliphatic heterocycles. The van der Waals surface area contributed by atoms with Gasteiger partial charge in [0, 0.05) is 8.95 Å². The van der Waals surface area contributed by atoms with Gasteiger partial charge in [0.05, 0.1) is 12.1 Å². The lowest BCUT2D eigenvalue weighted by molar-refractivity contribution is 0.132. The highest BCUT2D eigenvalue weighted by Gasteiger charge is 2.16. The fraction of sp³-hybridized carbons (Fsp3) is 0.500. The zero-order chi connectivity index (χ0) is 12.1. The minimum atomic E-state index is -0.471. The largest absolute Gasteiger partial charge is 0.391 e. The number of aliphatic hydroxyl groups is 1. The van der Waals surface area contributed by atoms with E-state index in [0.29, 0.717) is 0 Å². The first-order valence-corrected chi connectivity index (χ1v) is 7.02. The number of unbranched alkanes of at least 4 members (excludes halogenated alkanes) is 1. The van der Waals surface area contributed by atoms with E-state index in [9.17, 15) is 5.11 Å². The summed E-state index contributed by atoms with van der Waals surface area (Å²) in [6.07, 6.45) is 2.36. The Labute approximate surface area is 113 Å². The van der Waals surface area contributed by atoms with Gasteiger partial charge in [0.2, 0.25) is 0 Å². The molecule has 1 aromatic rings. The second-order valence-corrected chi connectivity index (χ2v) is 5.77. The highest BCUT2D eigenvalue weighted by atomic mass is 79.9. The normalized spacial score (nSPS) is 14.8. The third-order valence-corrected chi connectivity index (χ3v) is 3.45. The van der Waals surface area contributed by atoms with Gasteiger partial charge in [0.15, 0.2) is 0 Å². The summed E-state index contributed by atoms with van der Waals surface area (Å²) in [4.78, 5) is 0. The third-order valence-electron chi connectivity index (χ3n) is 2.54. The molecule has 0 saturated carbocycles. The van der Waals surface area contributed by atoms with Gasteiger partial charge in [0.25, 0.3) is 0 Å². The number of hydrogen-bond acceptors (Lipinski definition) is 2. The van der Waals surface area contributed by atoms with E-state index in [1.165, 1.54) is 0 Å². The van der Waals surface area contributed by atoms with Crippen LogP contribution in [-0.2, 0) is 0 Å². The average molecular weight is 351 g/mol. The molecule has 0 aliphatic carbocycles. The molecule has 0 bridgehead atoms. The molecule has 1 rings (SSSR count). The molecule has 0 fully saturated rings. The van der Waals surface area contributed by atoms with Crippen LogP contribution in [0.5, 0.6) is 0 Å².